The molecular weight excluding hydrogens is 308 g/mol. The van der Waals surface area contributed by atoms with Gasteiger partial charge in [-0.2, -0.15) is 0 Å². The van der Waals surface area contributed by atoms with Crippen molar-refractivity contribution in [3.63, 3.8) is 0 Å². The maximum Gasteiger partial charge on any atom is 0.0916 e. The summed E-state index contributed by atoms with van der Waals surface area (Å²) in [5.74, 6) is 0. The second-order valence-electron chi connectivity index (χ2n) is 1.41. The summed E-state index contributed by atoms with van der Waals surface area (Å²) >= 11 is 0. The van der Waals surface area contributed by atoms with Crippen LogP contribution in [0.15, 0.2) is 0 Å². The van der Waals surface area contributed by atoms with Crippen LogP contribution in [0.3, 0.4) is 0 Å². The van der Waals surface area contributed by atoms with Gasteiger partial charge >= 0.3 is 0 Å². The third kappa shape index (κ3) is 3520. The van der Waals surface area contributed by atoms with Gasteiger partial charge < -0.3 is 14.6 Å². The van der Waals surface area contributed by atoms with Gasteiger partial charge in [0.1, 0.15) is 0 Å². The third-order valence-electron chi connectivity index (χ3n) is 0. The van der Waals surface area contributed by atoms with Gasteiger partial charge in [-0.25, -0.2) is 16.8 Å². The summed E-state index contributed by atoms with van der Waals surface area (Å²) in [7, 11) is -7.83. The average Bonchev–Trinajstić information content (AvgIpc) is 1.12. The molecule has 1 radical (unpaired) electrons. The fraction of sp³-hybridized carbons (Fsp3) is 1.00. The van der Waals surface area contributed by atoms with Crippen LogP contribution in [0.2, 0.25) is 0 Å². The molecule has 12 heavy (non-hydrogen) atoms. The molecule has 10 heteroatoms. The van der Waals surface area contributed by atoms with E-state index in [1.54, 1.807) is 0 Å². The molecule has 83 valence electrons. The minimum Gasteiger partial charge on any atom is -0.748 e. The van der Waals surface area contributed by atoms with Gasteiger partial charge in [0.25, 0.3) is 0 Å². The first-order chi connectivity index (χ1) is 4.00. The Balaban J connectivity index is -0.0000000457. The Morgan fingerprint density at radius 1 is 0.833 bits per heavy atom. The second kappa shape index (κ2) is 8.13. The zero-order chi connectivity index (χ0) is 9.00. The van der Waals surface area contributed by atoms with E-state index in [1.165, 1.54) is 0 Å². The molecule has 0 saturated heterocycles. The molecule has 0 heterocycles. The van der Waals surface area contributed by atoms with Crippen LogP contribution in [0.5, 0.6) is 0 Å². The molecule has 0 aromatic carbocycles. The molecule has 0 rings (SSSR count). The fourth-order valence-corrected chi connectivity index (χ4v) is 0. The average molecular weight is 316 g/mol. The van der Waals surface area contributed by atoms with Crippen molar-refractivity contribution in [3.8, 4) is 0 Å². The zero-order valence-electron chi connectivity index (χ0n) is 6.07. The van der Waals surface area contributed by atoms with Gasteiger partial charge in [-0.3, -0.25) is 0 Å². The molecule has 0 aromatic rings. The van der Waals surface area contributed by atoms with Gasteiger partial charge in [0.2, 0.25) is 0 Å². The first-order valence-electron chi connectivity index (χ1n) is 1.82. The van der Waals surface area contributed by atoms with Crippen LogP contribution in [0.25, 0.3) is 0 Å². The summed E-state index contributed by atoms with van der Waals surface area (Å²) in [6.45, 7) is 0. The van der Waals surface area contributed by atoms with Crippen molar-refractivity contribution in [2.75, 3.05) is 12.5 Å². The van der Waals surface area contributed by atoms with E-state index in [9.17, 15) is 0 Å². The molecule has 0 atom stereocenters. The van der Waals surface area contributed by atoms with Gasteiger partial charge in [0, 0.05) is 34.9 Å². The van der Waals surface area contributed by atoms with Gasteiger partial charge in [-0.15, -0.1) is 0 Å². The Labute approximate surface area is 86.5 Å². The van der Waals surface area contributed by atoms with E-state index in [0.717, 1.165) is 0 Å². The van der Waals surface area contributed by atoms with Gasteiger partial charge in [0.15, 0.2) is 0 Å². The van der Waals surface area contributed by atoms with Crippen LogP contribution in [-0.4, -0.2) is 43.9 Å². The quantitative estimate of drug-likeness (QED) is 0.356. The van der Waals surface area contributed by atoms with Crippen molar-refractivity contribution in [2.24, 2.45) is 0 Å². The minimum atomic E-state index is -3.92. The van der Waals surface area contributed by atoms with Crippen molar-refractivity contribution in [3.05, 3.63) is 0 Å². The van der Waals surface area contributed by atoms with Crippen LogP contribution in [0.4, 0.5) is 0 Å². The molecule has 7 nitrogen and oxygen atoms in total. The monoisotopic (exact) mass is 315 g/mol. The van der Waals surface area contributed by atoms with E-state index in [2.05, 4.69) is 0 Å². The molecule has 0 aliphatic rings. The Morgan fingerprint density at radius 2 is 0.833 bits per heavy atom. The minimum absolute atomic E-state index is 0. The molecule has 0 aromatic heterocycles. The largest absolute Gasteiger partial charge is 0.748 e. The second-order valence-corrected chi connectivity index (χ2v) is 4.22. The normalized spacial score (nSPS) is 9.67. The maximum absolute atomic E-state index is 9.08. The van der Waals surface area contributed by atoms with E-state index in [-0.39, 0.29) is 27.9 Å². The van der Waals surface area contributed by atoms with Crippen molar-refractivity contribution >= 4 is 20.2 Å². The summed E-state index contributed by atoms with van der Waals surface area (Å²) in [6, 6.07) is 0. The topological polar surface area (TPSA) is 146 Å². The van der Waals surface area contributed by atoms with E-state index in [1.807, 2.05) is 0 Å². The van der Waals surface area contributed by atoms with E-state index < -0.39 is 20.2 Å². The molecule has 0 fully saturated rings. The third-order valence-corrected chi connectivity index (χ3v) is 0. The number of hydrogen-bond donors (Lipinski definition) is 0. The van der Waals surface area contributed by atoms with Crippen LogP contribution in [0, 0.1) is 0 Å². The molecule has 0 aliphatic heterocycles. The molecule has 0 unspecified atom stereocenters. The van der Waals surface area contributed by atoms with Crippen molar-refractivity contribution < 1.29 is 53.8 Å². The van der Waals surface area contributed by atoms with Crippen molar-refractivity contribution in [2.45, 2.75) is 0 Å². The smallest absolute Gasteiger partial charge is 0.0916 e. The molecule has 0 bridgehead atoms. The Bertz CT molecular complexity index is 216. The Hall–Kier alpha value is 0.520. The summed E-state index contributed by atoms with van der Waals surface area (Å²) in [4.78, 5) is 0. The maximum atomic E-state index is 9.08. The Kier molecular flexibility index (Phi) is 15.5. The summed E-state index contributed by atoms with van der Waals surface area (Å²) in [5, 5.41) is 0. The van der Waals surface area contributed by atoms with Gasteiger partial charge in [0.05, 0.1) is 20.2 Å². The van der Waals surface area contributed by atoms with Crippen LogP contribution in [-0.2, 0) is 42.6 Å². The fourth-order valence-electron chi connectivity index (χ4n) is 0. The van der Waals surface area contributed by atoms with Crippen molar-refractivity contribution in [1.82, 2.24) is 0 Å². The Morgan fingerprint density at radius 3 is 0.833 bits per heavy atom. The molecule has 0 saturated carbocycles. The summed E-state index contributed by atoms with van der Waals surface area (Å²) in [6.07, 6.45) is 1.21. The first kappa shape index (κ1) is 22.9. The summed E-state index contributed by atoms with van der Waals surface area (Å²) in [5.41, 5.74) is 0. The predicted molar refractivity (Wildman–Crippen MR) is 34.9 cm³/mol. The summed E-state index contributed by atoms with van der Waals surface area (Å²) < 4.78 is 54.5. The standard InChI is InChI=1S/2CH4O3S.Ag.H2O/c2*1-5(2,3)4;;/h2*1H3,(H,2,3,4);;1H2/p-2. The SMILES string of the molecule is CS(=O)(=O)[O-].CS(=O)(=O)[O-].O.[Ag]. The molecular formula is C2H8AgO7S2-2. The van der Waals surface area contributed by atoms with Crippen LogP contribution in [0.1, 0.15) is 0 Å². The predicted octanol–water partition coefficient (Wildman–Crippen LogP) is -2.50. The number of rotatable bonds is 0. The van der Waals surface area contributed by atoms with Gasteiger partial charge in [-0.05, 0) is 0 Å². The zero-order valence-corrected chi connectivity index (χ0v) is 9.18. The molecule has 0 amide bonds. The number of hydrogen-bond acceptors (Lipinski definition) is 6. The van der Waals surface area contributed by atoms with E-state index >= 15 is 0 Å². The molecule has 0 aliphatic carbocycles. The van der Waals surface area contributed by atoms with E-state index in [4.69, 9.17) is 25.9 Å². The van der Waals surface area contributed by atoms with Crippen LogP contribution >= 0.6 is 0 Å². The first-order valence-corrected chi connectivity index (χ1v) is 5.45. The van der Waals surface area contributed by atoms with Gasteiger partial charge in [-0.1, -0.05) is 0 Å². The van der Waals surface area contributed by atoms with Crippen LogP contribution < -0.4 is 0 Å². The van der Waals surface area contributed by atoms with Crippen molar-refractivity contribution in [1.29, 1.82) is 0 Å². The molecule has 2 N–H and O–H groups in total. The van der Waals surface area contributed by atoms with E-state index in [0.29, 0.717) is 12.5 Å². The molecule has 0 spiro atoms.